The summed E-state index contributed by atoms with van der Waals surface area (Å²) in [5.41, 5.74) is 0. The molecule has 5 unspecified atom stereocenters. The van der Waals surface area contributed by atoms with E-state index in [9.17, 15) is 5.11 Å². The summed E-state index contributed by atoms with van der Waals surface area (Å²) in [6.07, 6.45) is 4.19. The van der Waals surface area contributed by atoms with Gasteiger partial charge in [-0.15, -0.1) is 0 Å². The maximum Gasteiger partial charge on any atom is 0.0793 e. The van der Waals surface area contributed by atoms with Gasteiger partial charge < -0.3 is 14.7 Å². The van der Waals surface area contributed by atoms with Crippen LogP contribution in [0.3, 0.4) is 0 Å². The fourth-order valence-corrected chi connectivity index (χ4v) is 5.11. The predicted octanol–water partition coefficient (Wildman–Crippen LogP) is 2.06. The third kappa shape index (κ3) is 5.68. The van der Waals surface area contributed by atoms with Crippen LogP contribution in [0.2, 0.25) is 0 Å². The van der Waals surface area contributed by atoms with Crippen LogP contribution in [-0.4, -0.2) is 83.5 Å². The molecule has 0 aromatic rings. The molecule has 1 saturated heterocycles. The molecule has 1 aliphatic carbocycles. The van der Waals surface area contributed by atoms with Gasteiger partial charge in [-0.3, -0.25) is 4.90 Å². The summed E-state index contributed by atoms with van der Waals surface area (Å²) >= 11 is 2.10. The molecule has 1 N–H and O–H groups in total. The van der Waals surface area contributed by atoms with E-state index in [4.69, 9.17) is 4.74 Å². The number of aliphatic hydroxyl groups excluding tert-OH is 1. The van der Waals surface area contributed by atoms with E-state index in [1.807, 2.05) is 0 Å². The Morgan fingerprint density at radius 3 is 2.59 bits per heavy atom. The fourth-order valence-electron chi connectivity index (χ4n) is 3.98. The third-order valence-corrected chi connectivity index (χ3v) is 6.08. The van der Waals surface area contributed by atoms with E-state index in [0.29, 0.717) is 6.04 Å². The minimum Gasteiger partial charge on any atom is -0.390 e. The Morgan fingerprint density at radius 1 is 1.27 bits per heavy atom. The maximum absolute atomic E-state index is 10.4. The highest BCUT2D eigenvalue weighted by molar-refractivity contribution is 7.99. The van der Waals surface area contributed by atoms with Crippen LogP contribution in [-0.2, 0) is 4.74 Å². The Labute approximate surface area is 140 Å². The van der Waals surface area contributed by atoms with Crippen LogP contribution in [0.15, 0.2) is 0 Å². The first-order valence-corrected chi connectivity index (χ1v) is 9.90. The number of β-amino-alcohol motifs (C(OH)–C–C–N with tert-alkyl or cyclic N) is 1. The quantitative estimate of drug-likeness (QED) is 0.773. The number of nitrogens with zero attached hydrogens (tertiary/aromatic N) is 2. The van der Waals surface area contributed by atoms with Gasteiger partial charge in [0.1, 0.15) is 0 Å². The van der Waals surface area contributed by atoms with Crippen molar-refractivity contribution in [1.29, 1.82) is 0 Å². The lowest BCUT2D eigenvalue weighted by atomic mass is 10.2. The van der Waals surface area contributed by atoms with Gasteiger partial charge in [0.25, 0.3) is 0 Å². The molecule has 0 bridgehead atoms. The monoisotopic (exact) mass is 330 g/mol. The van der Waals surface area contributed by atoms with Gasteiger partial charge >= 0.3 is 0 Å². The van der Waals surface area contributed by atoms with Crippen LogP contribution in [0.25, 0.3) is 0 Å². The lowest BCUT2D eigenvalue weighted by Crippen LogP contribution is -2.50. The van der Waals surface area contributed by atoms with Crippen LogP contribution in [0, 0.1) is 0 Å². The van der Waals surface area contributed by atoms with Crippen molar-refractivity contribution in [3.05, 3.63) is 0 Å². The molecule has 0 amide bonds. The number of morpholine rings is 1. The van der Waals surface area contributed by atoms with Crippen molar-refractivity contribution in [2.45, 2.75) is 69.6 Å². The largest absolute Gasteiger partial charge is 0.390 e. The average Bonchev–Trinajstić information content (AvgIpc) is 2.86. The Hall–Kier alpha value is 0.190. The van der Waals surface area contributed by atoms with Crippen molar-refractivity contribution < 1.29 is 9.84 Å². The van der Waals surface area contributed by atoms with Gasteiger partial charge in [0.2, 0.25) is 0 Å². The number of hydrogen-bond donors (Lipinski definition) is 1. The van der Waals surface area contributed by atoms with Gasteiger partial charge in [-0.1, -0.05) is 6.92 Å². The fraction of sp³-hybridized carbons (Fsp3) is 1.00. The molecule has 22 heavy (non-hydrogen) atoms. The molecular weight excluding hydrogens is 296 g/mol. The van der Waals surface area contributed by atoms with Crippen molar-refractivity contribution in [2.75, 3.05) is 39.0 Å². The smallest absolute Gasteiger partial charge is 0.0793 e. The van der Waals surface area contributed by atoms with Gasteiger partial charge in [0.15, 0.2) is 0 Å². The molecule has 1 aliphatic heterocycles. The van der Waals surface area contributed by atoms with Crippen molar-refractivity contribution in [2.24, 2.45) is 0 Å². The summed E-state index contributed by atoms with van der Waals surface area (Å²) in [4.78, 5) is 4.73. The molecule has 0 aromatic heterocycles. The number of thioether (sulfide) groups is 1. The van der Waals surface area contributed by atoms with Gasteiger partial charge in [-0.05, 0) is 45.9 Å². The molecule has 0 spiro atoms. The van der Waals surface area contributed by atoms with Crippen LogP contribution in [0.4, 0.5) is 0 Å². The second-order valence-electron chi connectivity index (χ2n) is 7.11. The van der Waals surface area contributed by atoms with E-state index >= 15 is 0 Å². The van der Waals surface area contributed by atoms with Crippen molar-refractivity contribution in [1.82, 2.24) is 9.80 Å². The average molecular weight is 331 g/mol. The normalized spacial score (nSPS) is 35.2. The molecule has 4 nitrogen and oxygen atoms in total. The predicted molar refractivity (Wildman–Crippen MR) is 94.6 cm³/mol. The second kappa shape index (κ2) is 8.88. The summed E-state index contributed by atoms with van der Waals surface area (Å²) in [6, 6.07) is 0.654. The Morgan fingerprint density at radius 2 is 1.95 bits per heavy atom. The van der Waals surface area contributed by atoms with E-state index in [1.165, 1.54) is 25.0 Å². The second-order valence-corrected chi connectivity index (χ2v) is 8.69. The van der Waals surface area contributed by atoms with Crippen molar-refractivity contribution in [3.63, 3.8) is 0 Å². The van der Waals surface area contributed by atoms with E-state index in [2.05, 4.69) is 49.4 Å². The lowest BCUT2D eigenvalue weighted by molar-refractivity contribution is -0.0781. The first kappa shape index (κ1) is 18.5. The molecule has 130 valence electrons. The van der Waals surface area contributed by atoms with Crippen LogP contribution in [0.5, 0.6) is 0 Å². The molecule has 1 saturated carbocycles. The Balaban J connectivity index is 1.71. The molecule has 0 radical (unpaired) electrons. The molecule has 5 atom stereocenters. The highest BCUT2D eigenvalue weighted by Gasteiger charge is 2.29. The number of ether oxygens (including phenoxy) is 1. The zero-order valence-corrected chi connectivity index (χ0v) is 15.5. The van der Waals surface area contributed by atoms with Gasteiger partial charge in [0, 0.05) is 37.5 Å². The molecular formula is C17H34N2O2S. The zero-order valence-electron chi connectivity index (χ0n) is 14.7. The highest BCUT2D eigenvalue weighted by atomic mass is 32.2. The molecule has 0 aromatic carbocycles. The van der Waals surface area contributed by atoms with Crippen LogP contribution < -0.4 is 0 Å². The SMILES string of the molecule is CCSC1CCC(N(C)CC(O)CN2CC(C)OC(C)C2)C1. The maximum atomic E-state index is 10.4. The van der Waals surface area contributed by atoms with Crippen molar-refractivity contribution in [3.8, 4) is 0 Å². The number of hydrogen-bond acceptors (Lipinski definition) is 5. The van der Waals surface area contributed by atoms with E-state index in [0.717, 1.165) is 31.4 Å². The lowest BCUT2D eigenvalue weighted by Gasteiger charge is -2.37. The molecule has 2 fully saturated rings. The van der Waals surface area contributed by atoms with Crippen LogP contribution >= 0.6 is 11.8 Å². The standard InChI is InChI=1S/C17H34N2O2S/c1-5-22-17-7-6-15(8-17)18(4)11-16(20)12-19-9-13(2)21-14(3)10-19/h13-17,20H,5-12H2,1-4H3. The molecule has 1 heterocycles. The van der Waals surface area contributed by atoms with Gasteiger partial charge in [-0.25, -0.2) is 0 Å². The molecule has 2 rings (SSSR count). The third-order valence-electron chi connectivity index (χ3n) is 4.85. The Kier molecular flexibility index (Phi) is 7.48. The van der Waals surface area contributed by atoms with Crippen LogP contribution in [0.1, 0.15) is 40.0 Å². The summed E-state index contributed by atoms with van der Waals surface area (Å²) in [5, 5.41) is 11.3. The van der Waals surface area contributed by atoms with Gasteiger partial charge in [0.05, 0.1) is 18.3 Å². The molecule has 5 heteroatoms. The van der Waals surface area contributed by atoms with Gasteiger partial charge in [-0.2, -0.15) is 11.8 Å². The first-order valence-electron chi connectivity index (χ1n) is 8.85. The Bertz CT molecular complexity index is 322. The number of aliphatic hydroxyl groups is 1. The van der Waals surface area contributed by atoms with E-state index in [-0.39, 0.29) is 18.3 Å². The topological polar surface area (TPSA) is 35.9 Å². The highest BCUT2D eigenvalue weighted by Crippen LogP contribution is 2.32. The molecule has 2 aliphatic rings. The first-order chi connectivity index (χ1) is 10.5. The minimum atomic E-state index is -0.264. The summed E-state index contributed by atoms with van der Waals surface area (Å²) < 4.78 is 5.76. The number of likely N-dealkylation sites (N-methyl/N-ethyl adjacent to an activating group) is 1. The summed E-state index contributed by atoms with van der Waals surface area (Å²) in [7, 11) is 2.18. The summed E-state index contributed by atoms with van der Waals surface area (Å²) in [5.74, 6) is 1.22. The van der Waals surface area contributed by atoms with E-state index < -0.39 is 0 Å². The minimum absolute atomic E-state index is 0.264. The number of rotatable bonds is 7. The van der Waals surface area contributed by atoms with Crippen molar-refractivity contribution >= 4 is 11.8 Å². The van der Waals surface area contributed by atoms with E-state index in [1.54, 1.807) is 0 Å². The zero-order chi connectivity index (χ0) is 16.1. The summed E-state index contributed by atoms with van der Waals surface area (Å²) in [6.45, 7) is 9.90.